The van der Waals surface area contributed by atoms with Crippen molar-refractivity contribution in [1.82, 2.24) is 10.2 Å². The average Bonchev–Trinajstić information content (AvgIpc) is 2.26. The predicted octanol–water partition coefficient (Wildman–Crippen LogP) is 0.602. The molecule has 2 atom stereocenters. The SMILES string of the molecule is CCC(C)CN(C)C(=O)N[C@H](CC(=O)O)C(=O)O. The number of carbonyl (C=O) groups is 3. The Labute approximate surface area is 106 Å². The van der Waals surface area contributed by atoms with E-state index in [0.717, 1.165) is 6.42 Å². The number of carboxylic acids is 2. The Kier molecular flexibility index (Phi) is 6.77. The number of carbonyl (C=O) groups excluding carboxylic acids is 1. The summed E-state index contributed by atoms with van der Waals surface area (Å²) in [5, 5.41) is 19.5. The van der Waals surface area contributed by atoms with Gasteiger partial charge < -0.3 is 20.4 Å². The van der Waals surface area contributed by atoms with E-state index >= 15 is 0 Å². The zero-order valence-electron chi connectivity index (χ0n) is 10.8. The van der Waals surface area contributed by atoms with Crippen LogP contribution in [-0.2, 0) is 9.59 Å². The minimum Gasteiger partial charge on any atom is -0.481 e. The van der Waals surface area contributed by atoms with Gasteiger partial charge in [0.1, 0.15) is 6.04 Å². The smallest absolute Gasteiger partial charge is 0.326 e. The number of nitrogens with one attached hydrogen (secondary N) is 1. The van der Waals surface area contributed by atoms with E-state index in [4.69, 9.17) is 10.2 Å². The highest BCUT2D eigenvalue weighted by molar-refractivity contribution is 5.86. The van der Waals surface area contributed by atoms with Gasteiger partial charge in [-0.25, -0.2) is 9.59 Å². The van der Waals surface area contributed by atoms with Gasteiger partial charge in [0.05, 0.1) is 6.42 Å². The van der Waals surface area contributed by atoms with Crippen LogP contribution in [0, 0.1) is 5.92 Å². The molecule has 0 spiro atoms. The zero-order valence-corrected chi connectivity index (χ0v) is 10.8. The Bertz CT molecular complexity index is 319. The molecule has 0 aliphatic heterocycles. The zero-order chi connectivity index (χ0) is 14.3. The molecular weight excluding hydrogens is 240 g/mol. The Balaban J connectivity index is 4.41. The summed E-state index contributed by atoms with van der Waals surface area (Å²) >= 11 is 0. The second-order valence-electron chi connectivity index (χ2n) is 4.33. The van der Waals surface area contributed by atoms with E-state index in [0.29, 0.717) is 12.5 Å². The van der Waals surface area contributed by atoms with Crippen LogP contribution in [0.15, 0.2) is 0 Å². The molecule has 0 saturated heterocycles. The van der Waals surface area contributed by atoms with Crippen molar-refractivity contribution in [2.24, 2.45) is 5.92 Å². The first-order chi connectivity index (χ1) is 8.27. The molecule has 18 heavy (non-hydrogen) atoms. The van der Waals surface area contributed by atoms with Crippen LogP contribution in [0.25, 0.3) is 0 Å². The van der Waals surface area contributed by atoms with Gasteiger partial charge in [0.15, 0.2) is 0 Å². The number of urea groups is 1. The Morgan fingerprint density at radius 1 is 1.28 bits per heavy atom. The summed E-state index contributed by atoms with van der Waals surface area (Å²) in [5.74, 6) is -2.33. The van der Waals surface area contributed by atoms with Gasteiger partial charge in [-0.05, 0) is 5.92 Å². The Morgan fingerprint density at radius 2 is 1.83 bits per heavy atom. The number of nitrogens with zero attached hydrogens (tertiary/aromatic N) is 1. The molecule has 0 aromatic heterocycles. The van der Waals surface area contributed by atoms with Crippen molar-refractivity contribution in [2.75, 3.05) is 13.6 Å². The second-order valence-corrected chi connectivity index (χ2v) is 4.33. The predicted molar refractivity (Wildman–Crippen MR) is 64.3 cm³/mol. The summed E-state index contributed by atoms with van der Waals surface area (Å²) in [6.45, 7) is 4.44. The lowest BCUT2D eigenvalue weighted by Crippen LogP contribution is -2.48. The maximum atomic E-state index is 11.6. The number of rotatable bonds is 7. The summed E-state index contributed by atoms with van der Waals surface area (Å²) < 4.78 is 0. The van der Waals surface area contributed by atoms with Crippen molar-refractivity contribution < 1.29 is 24.6 Å². The van der Waals surface area contributed by atoms with Crippen LogP contribution in [0.3, 0.4) is 0 Å². The lowest BCUT2D eigenvalue weighted by Gasteiger charge is -2.23. The van der Waals surface area contributed by atoms with Gasteiger partial charge in [-0.1, -0.05) is 20.3 Å². The van der Waals surface area contributed by atoms with Crippen molar-refractivity contribution >= 4 is 18.0 Å². The molecule has 3 N–H and O–H groups in total. The highest BCUT2D eigenvalue weighted by Crippen LogP contribution is 2.03. The van der Waals surface area contributed by atoms with E-state index in [2.05, 4.69) is 5.32 Å². The minimum atomic E-state index is -1.41. The van der Waals surface area contributed by atoms with Gasteiger partial charge in [-0.15, -0.1) is 0 Å². The van der Waals surface area contributed by atoms with E-state index in [1.807, 2.05) is 13.8 Å². The highest BCUT2D eigenvalue weighted by Gasteiger charge is 2.24. The summed E-state index contributed by atoms with van der Waals surface area (Å²) in [6, 6.07) is -1.99. The summed E-state index contributed by atoms with van der Waals surface area (Å²) in [6.07, 6.45) is 0.257. The summed E-state index contributed by atoms with van der Waals surface area (Å²) in [4.78, 5) is 34.2. The third kappa shape index (κ3) is 6.07. The molecule has 104 valence electrons. The monoisotopic (exact) mass is 260 g/mol. The number of aliphatic carboxylic acids is 2. The van der Waals surface area contributed by atoms with Crippen LogP contribution < -0.4 is 5.32 Å². The third-order valence-corrected chi connectivity index (χ3v) is 2.60. The first-order valence-electron chi connectivity index (χ1n) is 5.74. The van der Waals surface area contributed by atoms with Gasteiger partial charge in [-0.2, -0.15) is 0 Å². The van der Waals surface area contributed by atoms with Crippen molar-refractivity contribution in [3.63, 3.8) is 0 Å². The largest absolute Gasteiger partial charge is 0.481 e. The average molecular weight is 260 g/mol. The minimum absolute atomic E-state index is 0.295. The molecule has 0 aromatic carbocycles. The number of carboxylic acid groups (broad SMARTS) is 2. The molecule has 2 amide bonds. The molecule has 0 rings (SSSR count). The van der Waals surface area contributed by atoms with Crippen LogP contribution in [0.5, 0.6) is 0 Å². The van der Waals surface area contributed by atoms with Gasteiger partial charge in [-0.3, -0.25) is 4.79 Å². The van der Waals surface area contributed by atoms with Crippen LogP contribution in [0.4, 0.5) is 4.79 Å². The highest BCUT2D eigenvalue weighted by atomic mass is 16.4. The summed E-state index contributed by atoms with van der Waals surface area (Å²) in [7, 11) is 1.54. The maximum absolute atomic E-state index is 11.6. The van der Waals surface area contributed by atoms with Gasteiger partial charge >= 0.3 is 18.0 Å². The molecule has 0 aliphatic rings. The first kappa shape index (κ1) is 16.2. The fraction of sp³-hybridized carbons (Fsp3) is 0.727. The quantitative estimate of drug-likeness (QED) is 0.621. The fourth-order valence-electron chi connectivity index (χ4n) is 1.31. The molecule has 0 saturated carbocycles. The van der Waals surface area contributed by atoms with Crippen molar-refractivity contribution in [3.05, 3.63) is 0 Å². The molecular formula is C11H20N2O5. The van der Waals surface area contributed by atoms with E-state index in [1.54, 1.807) is 7.05 Å². The van der Waals surface area contributed by atoms with E-state index < -0.39 is 30.4 Å². The number of amides is 2. The van der Waals surface area contributed by atoms with Gasteiger partial charge in [0, 0.05) is 13.6 Å². The van der Waals surface area contributed by atoms with Crippen LogP contribution in [0.2, 0.25) is 0 Å². The number of hydrogen-bond acceptors (Lipinski definition) is 3. The molecule has 1 unspecified atom stereocenters. The number of hydrogen-bond donors (Lipinski definition) is 3. The Morgan fingerprint density at radius 3 is 2.22 bits per heavy atom. The van der Waals surface area contributed by atoms with E-state index in [9.17, 15) is 14.4 Å². The van der Waals surface area contributed by atoms with Crippen LogP contribution >= 0.6 is 0 Å². The lowest BCUT2D eigenvalue weighted by molar-refractivity contribution is -0.145. The molecule has 0 aromatic rings. The van der Waals surface area contributed by atoms with E-state index in [-0.39, 0.29) is 0 Å². The lowest BCUT2D eigenvalue weighted by atomic mass is 10.1. The summed E-state index contributed by atoms with van der Waals surface area (Å²) in [5.41, 5.74) is 0. The Hall–Kier alpha value is -1.79. The molecule has 0 radical (unpaired) electrons. The third-order valence-electron chi connectivity index (χ3n) is 2.60. The first-order valence-corrected chi connectivity index (χ1v) is 5.74. The molecule has 0 fully saturated rings. The molecule has 7 heteroatoms. The van der Waals surface area contributed by atoms with Crippen molar-refractivity contribution in [3.8, 4) is 0 Å². The second kappa shape index (κ2) is 7.52. The van der Waals surface area contributed by atoms with Gasteiger partial charge in [0.2, 0.25) is 0 Å². The van der Waals surface area contributed by atoms with Crippen LogP contribution in [-0.4, -0.2) is 52.7 Å². The molecule has 0 heterocycles. The normalized spacial score (nSPS) is 13.5. The van der Waals surface area contributed by atoms with Gasteiger partial charge in [0.25, 0.3) is 0 Å². The van der Waals surface area contributed by atoms with E-state index in [1.165, 1.54) is 4.90 Å². The van der Waals surface area contributed by atoms with Crippen molar-refractivity contribution in [1.29, 1.82) is 0 Å². The van der Waals surface area contributed by atoms with Crippen LogP contribution in [0.1, 0.15) is 26.7 Å². The topological polar surface area (TPSA) is 107 Å². The standard InChI is InChI=1S/C11H20N2O5/c1-4-7(2)6-13(3)11(18)12-8(10(16)17)5-9(14)15/h7-8H,4-6H2,1-3H3,(H,12,18)(H,14,15)(H,16,17)/t7?,8-/m1/s1. The molecule has 0 bridgehead atoms. The molecule has 0 aliphatic carbocycles. The van der Waals surface area contributed by atoms with Crippen molar-refractivity contribution in [2.45, 2.75) is 32.7 Å². The molecule has 7 nitrogen and oxygen atoms in total. The fourth-order valence-corrected chi connectivity index (χ4v) is 1.31. The maximum Gasteiger partial charge on any atom is 0.326 e.